The zero-order chi connectivity index (χ0) is 18.8. The molecule has 0 radical (unpaired) electrons. The van der Waals surface area contributed by atoms with Gasteiger partial charge in [-0.3, -0.25) is 4.79 Å². The summed E-state index contributed by atoms with van der Waals surface area (Å²) in [5.74, 6) is 1.39. The number of hydrogen-bond donors (Lipinski definition) is 2. The van der Waals surface area contributed by atoms with Crippen molar-refractivity contribution in [2.45, 2.75) is 20.0 Å². The minimum atomic E-state index is -0.0662. The number of aliphatic imine (C=N–C) groups is 1. The Morgan fingerprint density at radius 1 is 1.23 bits per heavy atom. The maximum atomic E-state index is 11.6. The zero-order valence-corrected chi connectivity index (χ0v) is 16.3. The van der Waals surface area contributed by atoms with Gasteiger partial charge in [-0.15, -0.1) is 0 Å². The molecule has 1 aromatic heterocycles. The molecule has 2 N–H and O–H groups in total. The fourth-order valence-corrected chi connectivity index (χ4v) is 2.76. The number of thiophene rings is 1. The molecule has 6 nitrogen and oxygen atoms in total. The van der Waals surface area contributed by atoms with E-state index in [-0.39, 0.29) is 12.5 Å². The standard InChI is InChI=1S/C19H26N4O2S/c1-4-20-19(22-12-16-8-9-26-14-16)21-11-15-6-5-7-17(10-15)25-13-18(24)23(2)3/h5-10,14H,4,11-13H2,1-3H3,(H2,20,21,22). The third-order valence-corrected chi connectivity index (χ3v) is 4.30. The van der Waals surface area contributed by atoms with E-state index in [4.69, 9.17) is 4.74 Å². The van der Waals surface area contributed by atoms with Gasteiger partial charge in [0.2, 0.25) is 0 Å². The van der Waals surface area contributed by atoms with Crippen LogP contribution in [0.15, 0.2) is 46.1 Å². The van der Waals surface area contributed by atoms with E-state index in [1.807, 2.05) is 31.2 Å². The number of carbonyl (C=O) groups excluding carboxylic acids is 1. The number of likely N-dealkylation sites (N-methyl/N-ethyl adjacent to an activating group) is 1. The highest BCUT2D eigenvalue weighted by atomic mass is 32.1. The molecule has 1 aromatic carbocycles. The molecular weight excluding hydrogens is 348 g/mol. The molecule has 0 spiro atoms. The monoisotopic (exact) mass is 374 g/mol. The lowest BCUT2D eigenvalue weighted by molar-refractivity contribution is -0.130. The second kappa shape index (κ2) is 10.5. The SMILES string of the molecule is CCNC(=NCc1ccsc1)NCc1cccc(OCC(=O)N(C)C)c1. The van der Waals surface area contributed by atoms with E-state index in [0.29, 0.717) is 18.8 Å². The molecule has 140 valence electrons. The lowest BCUT2D eigenvalue weighted by Gasteiger charge is -2.13. The van der Waals surface area contributed by atoms with Gasteiger partial charge in [0.05, 0.1) is 6.54 Å². The van der Waals surface area contributed by atoms with Crippen molar-refractivity contribution in [2.75, 3.05) is 27.2 Å². The molecule has 0 saturated heterocycles. The summed E-state index contributed by atoms with van der Waals surface area (Å²) in [7, 11) is 3.42. The first-order chi connectivity index (χ1) is 12.6. The molecule has 0 aliphatic heterocycles. The van der Waals surface area contributed by atoms with Gasteiger partial charge in [0.25, 0.3) is 5.91 Å². The predicted octanol–water partition coefficient (Wildman–Crippen LogP) is 2.47. The van der Waals surface area contributed by atoms with Crippen LogP contribution in [0.4, 0.5) is 0 Å². The molecule has 7 heteroatoms. The van der Waals surface area contributed by atoms with Gasteiger partial charge in [0, 0.05) is 27.2 Å². The Morgan fingerprint density at radius 3 is 2.77 bits per heavy atom. The topological polar surface area (TPSA) is 66.0 Å². The van der Waals surface area contributed by atoms with Gasteiger partial charge in [-0.2, -0.15) is 11.3 Å². The lowest BCUT2D eigenvalue weighted by Crippen LogP contribution is -2.36. The van der Waals surface area contributed by atoms with Gasteiger partial charge in [0.15, 0.2) is 12.6 Å². The first-order valence-corrected chi connectivity index (χ1v) is 9.48. The van der Waals surface area contributed by atoms with Crippen LogP contribution in [0.5, 0.6) is 5.75 Å². The highest BCUT2D eigenvalue weighted by Crippen LogP contribution is 2.13. The second-order valence-corrected chi connectivity index (χ2v) is 6.68. The van der Waals surface area contributed by atoms with Gasteiger partial charge in [0.1, 0.15) is 5.75 Å². The fourth-order valence-electron chi connectivity index (χ4n) is 2.10. The van der Waals surface area contributed by atoms with Crippen LogP contribution in [0, 0.1) is 0 Å². The summed E-state index contributed by atoms with van der Waals surface area (Å²) in [5.41, 5.74) is 2.26. The Morgan fingerprint density at radius 2 is 2.08 bits per heavy atom. The highest BCUT2D eigenvalue weighted by molar-refractivity contribution is 7.07. The number of carbonyl (C=O) groups is 1. The summed E-state index contributed by atoms with van der Waals surface area (Å²) < 4.78 is 5.56. The van der Waals surface area contributed by atoms with Crippen molar-refractivity contribution >= 4 is 23.2 Å². The van der Waals surface area contributed by atoms with E-state index in [0.717, 1.165) is 18.1 Å². The number of guanidine groups is 1. The fraction of sp³-hybridized carbons (Fsp3) is 0.368. The van der Waals surface area contributed by atoms with Crippen molar-refractivity contribution in [1.29, 1.82) is 0 Å². The van der Waals surface area contributed by atoms with Crippen molar-refractivity contribution in [2.24, 2.45) is 4.99 Å². The van der Waals surface area contributed by atoms with Gasteiger partial charge >= 0.3 is 0 Å². The Labute approximate surface area is 158 Å². The first kappa shape index (κ1) is 19.8. The molecule has 0 atom stereocenters. The summed E-state index contributed by atoms with van der Waals surface area (Å²) in [4.78, 5) is 17.7. The third-order valence-electron chi connectivity index (χ3n) is 3.56. The number of benzene rings is 1. The van der Waals surface area contributed by atoms with Crippen LogP contribution >= 0.6 is 11.3 Å². The van der Waals surface area contributed by atoms with Crippen LogP contribution in [-0.2, 0) is 17.9 Å². The molecule has 1 heterocycles. The largest absolute Gasteiger partial charge is 0.484 e. The second-order valence-electron chi connectivity index (χ2n) is 5.90. The van der Waals surface area contributed by atoms with E-state index in [1.54, 1.807) is 25.4 Å². The van der Waals surface area contributed by atoms with Gasteiger partial charge in [-0.05, 0) is 47.0 Å². The third kappa shape index (κ3) is 6.76. The molecule has 2 rings (SSSR count). The molecule has 0 aliphatic rings. The Hall–Kier alpha value is -2.54. The number of nitrogens with one attached hydrogen (secondary N) is 2. The van der Waals surface area contributed by atoms with Crippen LogP contribution < -0.4 is 15.4 Å². The van der Waals surface area contributed by atoms with E-state index < -0.39 is 0 Å². The van der Waals surface area contributed by atoms with Crippen molar-refractivity contribution < 1.29 is 9.53 Å². The Balaban J connectivity index is 1.90. The van der Waals surface area contributed by atoms with E-state index in [1.165, 1.54) is 10.5 Å². The Kier molecular flexibility index (Phi) is 7.95. The summed E-state index contributed by atoms with van der Waals surface area (Å²) in [6.45, 7) is 4.14. The van der Waals surface area contributed by atoms with Crippen LogP contribution in [0.25, 0.3) is 0 Å². The van der Waals surface area contributed by atoms with Crippen molar-refractivity contribution in [1.82, 2.24) is 15.5 Å². The highest BCUT2D eigenvalue weighted by Gasteiger charge is 2.05. The van der Waals surface area contributed by atoms with Crippen molar-refractivity contribution in [3.8, 4) is 5.75 Å². The molecule has 26 heavy (non-hydrogen) atoms. The van der Waals surface area contributed by atoms with Gasteiger partial charge in [-0.1, -0.05) is 12.1 Å². The molecule has 0 aliphatic carbocycles. The molecule has 0 unspecified atom stereocenters. The van der Waals surface area contributed by atoms with Crippen LogP contribution in [0.2, 0.25) is 0 Å². The summed E-state index contributed by atoms with van der Waals surface area (Å²) in [6, 6.07) is 9.78. The van der Waals surface area contributed by atoms with Crippen LogP contribution in [0.1, 0.15) is 18.1 Å². The summed E-state index contributed by atoms with van der Waals surface area (Å²) in [5, 5.41) is 10.7. The summed E-state index contributed by atoms with van der Waals surface area (Å²) in [6.07, 6.45) is 0. The minimum Gasteiger partial charge on any atom is -0.484 e. The first-order valence-electron chi connectivity index (χ1n) is 8.53. The molecular formula is C19H26N4O2S. The molecule has 2 aromatic rings. The number of rotatable bonds is 8. The number of ether oxygens (including phenoxy) is 1. The zero-order valence-electron chi connectivity index (χ0n) is 15.5. The predicted molar refractivity (Wildman–Crippen MR) is 107 cm³/mol. The maximum Gasteiger partial charge on any atom is 0.259 e. The van der Waals surface area contributed by atoms with Crippen LogP contribution in [-0.4, -0.2) is 44.0 Å². The van der Waals surface area contributed by atoms with Crippen LogP contribution in [0.3, 0.4) is 0 Å². The lowest BCUT2D eigenvalue weighted by atomic mass is 10.2. The minimum absolute atomic E-state index is 0.0363. The van der Waals surface area contributed by atoms with E-state index in [2.05, 4.69) is 32.5 Å². The average molecular weight is 375 g/mol. The molecule has 0 fully saturated rings. The van der Waals surface area contributed by atoms with Crippen molar-refractivity contribution in [3.63, 3.8) is 0 Å². The maximum absolute atomic E-state index is 11.6. The molecule has 0 bridgehead atoms. The summed E-state index contributed by atoms with van der Waals surface area (Å²) >= 11 is 1.67. The Bertz CT molecular complexity index is 714. The average Bonchev–Trinajstić information content (AvgIpc) is 3.16. The van der Waals surface area contributed by atoms with Gasteiger partial charge < -0.3 is 20.3 Å². The number of hydrogen-bond acceptors (Lipinski definition) is 4. The quantitative estimate of drug-likeness (QED) is 0.550. The van der Waals surface area contributed by atoms with E-state index in [9.17, 15) is 4.79 Å². The number of nitrogens with zero attached hydrogens (tertiary/aromatic N) is 2. The van der Waals surface area contributed by atoms with E-state index >= 15 is 0 Å². The van der Waals surface area contributed by atoms with Crippen molar-refractivity contribution in [3.05, 3.63) is 52.2 Å². The molecule has 1 amide bonds. The van der Waals surface area contributed by atoms with Gasteiger partial charge in [-0.25, -0.2) is 4.99 Å². The number of amides is 1. The normalized spacial score (nSPS) is 11.1. The molecule has 0 saturated carbocycles. The smallest absolute Gasteiger partial charge is 0.259 e.